The lowest BCUT2D eigenvalue weighted by atomic mass is 10.2. The van der Waals surface area contributed by atoms with Crippen LogP contribution in [0.2, 0.25) is 0 Å². The molecule has 1 aliphatic heterocycles. The monoisotopic (exact) mass is 273 g/mol. The molecule has 1 fully saturated rings. The van der Waals surface area contributed by atoms with E-state index < -0.39 is 0 Å². The van der Waals surface area contributed by atoms with Crippen molar-refractivity contribution in [3.63, 3.8) is 0 Å². The van der Waals surface area contributed by atoms with E-state index in [0.717, 1.165) is 23.3 Å². The number of anilines is 1. The second-order valence-corrected chi connectivity index (χ2v) is 6.19. The molecule has 5 nitrogen and oxygen atoms in total. The van der Waals surface area contributed by atoms with Gasteiger partial charge in [0.2, 0.25) is 0 Å². The molecule has 5 heteroatoms. The SMILES string of the molecule is CC1CC(Nc2cnc3c(cnn3C(C)C)c2)CN1C. The lowest BCUT2D eigenvalue weighted by molar-refractivity contribution is 0.330. The van der Waals surface area contributed by atoms with Gasteiger partial charge in [-0.25, -0.2) is 9.67 Å². The summed E-state index contributed by atoms with van der Waals surface area (Å²) in [6.45, 7) is 7.60. The minimum atomic E-state index is 0.336. The van der Waals surface area contributed by atoms with Crippen molar-refractivity contribution in [3.05, 3.63) is 18.5 Å². The van der Waals surface area contributed by atoms with Gasteiger partial charge in [-0.2, -0.15) is 5.10 Å². The third kappa shape index (κ3) is 2.38. The van der Waals surface area contributed by atoms with Crippen LogP contribution in [0.5, 0.6) is 0 Å². The van der Waals surface area contributed by atoms with Gasteiger partial charge in [-0.3, -0.25) is 0 Å². The normalized spacial score (nSPS) is 23.9. The lowest BCUT2D eigenvalue weighted by Gasteiger charge is -2.14. The molecule has 0 aliphatic carbocycles. The van der Waals surface area contributed by atoms with Crippen molar-refractivity contribution in [1.29, 1.82) is 0 Å². The molecule has 108 valence electrons. The molecule has 0 bridgehead atoms. The molecule has 20 heavy (non-hydrogen) atoms. The molecule has 0 radical (unpaired) electrons. The fraction of sp³-hybridized carbons (Fsp3) is 0.600. The van der Waals surface area contributed by atoms with E-state index in [1.54, 1.807) is 0 Å². The third-order valence-corrected chi connectivity index (χ3v) is 4.18. The van der Waals surface area contributed by atoms with Crippen molar-refractivity contribution in [1.82, 2.24) is 19.7 Å². The molecule has 2 unspecified atom stereocenters. The maximum Gasteiger partial charge on any atom is 0.158 e. The van der Waals surface area contributed by atoms with Gasteiger partial charge in [-0.15, -0.1) is 0 Å². The summed E-state index contributed by atoms with van der Waals surface area (Å²) in [6, 6.07) is 3.64. The molecule has 0 aromatic carbocycles. The highest BCUT2D eigenvalue weighted by Crippen LogP contribution is 2.22. The first-order valence-corrected chi connectivity index (χ1v) is 7.34. The van der Waals surface area contributed by atoms with Crippen LogP contribution >= 0.6 is 0 Å². The maximum atomic E-state index is 4.57. The summed E-state index contributed by atoms with van der Waals surface area (Å²) in [5.41, 5.74) is 2.05. The van der Waals surface area contributed by atoms with E-state index in [0.29, 0.717) is 18.1 Å². The van der Waals surface area contributed by atoms with Crippen molar-refractivity contribution < 1.29 is 0 Å². The van der Waals surface area contributed by atoms with Crippen molar-refractivity contribution in [2.75, 3.05) is 18.9 Å². The topological polar surface area (TPSA) is 46.0 Å². The Bertz CT molecular complexity index is 593. The summed E-state index contributed by atoms with van der Waals surface area (Å²) in [5.74, 6) is 0. The quantitative estimate of drug-likeness (QED) is 0.933. The molecule has 2 aromatic heterocycles. The predicted octanol–water partition coefficient (Wildman–Crippen LogP) is 2.52. The van der Waals surface area contributed by atoms with Gasteiger partial charge in [0.05, 0.1) is 18.1 Å². The number of nitrogens with zero attached hydrogens (tertiary/aromatic N) is 4. The average Bonchev–Trinajstić information content (AvgIpc) is 2.93. The fourth-order valence-corrected chi connectivity index (χ4v) is 2.93. The first kappa shape index (κ1) is 13.4. The lowest BCUT2D eigenvalue weighted by Crippen LogP contribution is -2.24. The van der Waals surface area contributed by atoms with E-state index in [2.05, 4.69) is 54.2 Å². The van der Waals surface area contributed by atoms with Gasteiger partial charge in [0.15, 0.2) is 5.65 Å². The number of fused-ring (bicyclic) bond motifs is 1. The molecule has 0 saturated carbocycles. The molecule has 2 aromatic rings. The van der Waals surface area contributed by atoms with E-state index in [-0.39, 0.29) is 0 Å². The van der Waals surface area contributed by atoms with Crippen molar-refractivity contribution in [2.45, 2.75) is 45.3 Å². The van der Waals surface area contributed by atoms with E-state index in [4.69, 9.17) is 0 Å². The first-order valence-electron chi connectivity index (χ1n) is 7.34. The largest absolute Gasteiger partial charge is 0.380 e. The maximum absolute atomic E-state index is 4.57. The van der Waals surface area contributed by atoms with Crippen LogP contribution in [-0.2, 0) is 0 Å². The zero-order chi connectivity index (χ0) is 14.3. The minimum absolute atomic E-state index is 0.336. The van der Waals surface area contributed by atoms with E-state index >= 15 is 0 Å². The van der Waals surface area contributed by atoms with Crippen LogP contribution in [0.3, 0.4) is 0 Å². The molecule has 0 amide bonds. The van der Waals surface area contributed by atoms with Gasteiger partial charge < -0.3 is 10.2 Å². The predicted molar refractivity (Wildman–Crippen MR) is 82.0 cm³/mol. The number of likely N-dealkylation sites (tertiary alicyclic amines) is 1. The summed E-state index contributed by atoms with van der Waals surface area (Å²) >= 11 is 0. The Morgan fingerprint density at radius 2 is 2.15 bits per heavy atom. The van der Waals surface area contributed by atoms with Crippen LogP contribution in [0.25, 0.3) is 11.0 Å². The van der Waals surface area contributed by atoms with Crippen molar-refractivity contribution >= 4 is 16.7 Å². The molecule has 2 atom stereocenters. The van der Waals surface area contributed by atoms with Gasteiger partial charge in [-0.1, -0.05) is 0 Å². The van der Waals surface area contributed by atoms with Gasteiger partial charge in [0.25, 0.3) is 0 Å². The highest BCUT2D eigenvalue weighted by atomic mass is 15.3. The van der Waals surface area contributed by atoms with Crippen LogP contribution in [0.4, 0.5) is 5.69 Å². The number of pyridine rings is 1. The number of likely N-dealkylation sites (N-methyl/N-ethyl adjacent to an activating group) is 1. The zero-order valence-corrected chi connectivity index (χ0v) is 12.7. The van der Waals surface area contributed by atoms with Crippen molar-refractivity contribution in [2.24, 2.45) is 0 Å². The number of hydrogen-bond acceptors (Lipinski definition) is 4. The van der Waals surface area contributed by atoms with Crippen LogP contribution < -0.4 is 5.32 Å². The molecule has 0 spiro atoms. The Morgan fingerprint density at radius 3 is 2.80 bits per heavy atom. The standard InChI is InChI=1S/C15H23N5/c1-10(2)20-15-12(7-17-20)6-13(8-16-15)18-14-5-11(3)19(4)9-14/h6-8,10-11,14,18H,5,9H2,1-4H3. The molecule has 1 N–H and O–H groups in total. The molecule has 3 rings (SSSR count). The molecule has 1 aliphatic rings. The third-order valence-electron chi connectivity index (χ3n) is 4.18. The fourth-order valence-electron chi connectivity index (χ4n) is 2.93. The van der Waals surface area contributed by atoms with Crippen LogP contribution in [-0.4, -0.2) is 45.3 Å². The Kier molecular flexibility index (Phi) is 3.38. The molecule has 1 saturated heterocycles. The van der Waals surface area contributed by atoms with E-state index in [9.17, 15) is 0 Å². The number of rotatable bonds is 3. The highest BCUT2D eigenvalue weighted by molar-refractivity contribution is 5.78. The summed E-state index contributed by atoms with van der Waals surface area (Å²) < 4.78 is 1.96. The van der Waals surface area contributed by atoms with Gasteiger partial charge in [-0.05, 0) is 40.3 Å². The minimum Gasteiger partial charge on any atom is -0.380 e. The summed E-state index contributed by atoms with van der Waals surface area (Å²) in [6.07, 6.45) is 5.00. The number of nitrogens with one attached hydrogen (secondary N) is 1. The van der Waals surface area contributed by atoms with Crippen LogP contribution in [0, 0.1) is 0 Å². The Balaban J connectivity index is 1.80. The number of hydrogen-bond donors (Lipinski definition) is 1. The Hall–Kier alpha value is -1.62. The van der Waals surface area contributed by atoms with E-state index in [1.165, 1.54) is 6.42 Å². The molecule has 3 heterocycles. The van der Waals surface area contributed by atoms with E-state index in [1.807, 2.05) is 17.1 Å². The first-order chi connectivity index (χ1) is 9.54. The molecular weight excluding hydrogens is 250 g/mol. The highest BCUT2D eigenvalue weighted by Gasteiger charge is 2.25. The number of aromatic nitrogens is 3. The van der Waals surface area contributed by atoms with Gasteiger partial charge >= 0.3 is 0 Å². The van der Waals surface area contributed by atoms with Crippen LogP contribution in [0.1, 0.15) is 33.2 Å². The average molecular weight is 273 g/mol. The smallest absolute Gasteiger partial charge is 0.158 e. The zero-order valence-electron chi connectivity index (χ0n) is 12.7. The Morgan fingerprint density at radius 1 is 1.35 bits per heavy atom. The van der Waals surface area contributed by atoms with Gasteiger partial charge in [0.1, 0.15) is 0 Å². The van der Waals surface area contributed by atoms with Gasteiger partial charge in [0, 0.05) is 30.1 Å². The summed E-state index contributed by atoms with van der Waals surface area (Å²) in [4.78, 5) is 6.96. The second kappa shape index (κ2) is 5.05. The van der Waals surface area contributed by atoms with Crippen molar-refractivity contribution in [3.8, 4) is 0 Å². The Labute approximate surface area is 120 Å². The van der Waals surface area contributed by atoms with Crippen LogP contribution in [0.15, 0.2) is 18.5 Å². The summed E-state index contributed by atoms with van der Waals surface area (Å²) in [5, 5.41) is 9.10. The second-order valence-electron chi connectivity index (χ2n) is 6.19. The molecular formula is C15H23N5. The summed E-state index contributed by atoms with van der Waals surface area (Å²) in [7, 11) is 2.18.